The number of rotatable bonds is 5. The van der Waals surface area contributed by atoms with Gasteiger partial charge in [0.15, 0.2) is 0 Å². The molecule has 1 heterocycles. The third-order valence-corrected chi connectivity index (χ3v) is 5.28. The summed E-state index contributed by atoms with van der Waals surface area (Å²) < 4.78 is 0. The largest absolute Gasteiger partial charge is 0.326 e. The zero-order valence-electron chi connectivity index (χ0n) is 15.7. The van der Waals surface area contributed by atoms with Gasteiger partial charge in [0.2, 0.25) is 5.91 Å². The van der Waals surface area contributed by atoms with Gasteiger partial charge in [-0.2, -0.15) is 0 Å². The molecular formula is C22H24N2OS. The van der Waals surface area contributed by atoms with Crippen LogP contribution in [0.5, 0.6) is 0 Å². The van der Waals surface area contributed by atoms with Crippen molar-refractivity contribution >= 4 is 22.9 Å². The predicted molar refractivity (Wildman–Crippen MR) is 110 cm³/mol. The van der Waals surface area contributed by atoms with Gasteiger partial charge in [-0.1, -0.05) is 61.9 Å². The summed E-state index contributed by atoms with van der Waals surface area (Å²) in [5.74, 6) is 0.357. The van der Waals surface area contributed by atoms with Crippen molar-refractivity contribution in [3.63, 3.8) is 0 Å². The maximum absolute atomic E-state index is 12.7. The van der Waals surface area contributed by atoms with Gasteiger partial charge < -0.3 is 5.32 Å². The molecule has 0 saturated heterocycles. The van der Waals surface area contributed by atoms with Crippen molar-refractivity contribution in [2.24, 2.45) is 0 Å². The van der Waals surface area contributed by atoms with E-state index in [0.29, 0.717) is 12.3 Å². The number of nitrogens with zero attached hydrogens (tertiary/aromatic N) is 1. The van der Waals surface area contributed by atoms with Gasteiger partial charge in [0, 0.05) is 16.1 Å². The average molecular weight is 365 g/mol. The molecule has 0 aliphatic heterocycles. The Balaban J connectivity index is 1.81. The smallest absolute Gasteiger partial charge is 0.229 e. The van der Waals surface area contributed by atoms with Crippen LogP contribution in [0.3, 0.4) is 0 Å². The van der Waals surface area contributed by atoms with E-state index >= 15 is 0 Å². The molecule has 0 unspecified atom stereocenters. The lowest BCUT2D eigenvalue weighted by Gasteiger charge is -2.13. The molecule has 0 saturated carbocycles. The molecule has 0 spiro atoms. The number of hydrogen-bond donors (Lipinski definition) is 1. The third-order valence-electron chi connectivity index (χ3n) is 4.31. The van der Waals surface area contributed by atoms with Crippen LogP contribution in [0.4, 0.5) is 5.69 Å². The number of aromatic nitrogens is 1. The van der Waals surface area contributed by atoms with Gasteiger partial charge in [-0.3, -0.25) is 4.79 Å². The second kappa shape index (κ2) is 7.83. The molecule has 4 heteroatoms. The van der Waals surface area contributed by atoms with E-state index in [-0.39, 0.29) is 5.91 Å². The summed E-state index contributed by atoms with van der Waals surface area (Å²) in [6.07, 6.45) is 0.334. The van der Waals surface area contributed by atoms with Crippen molar-refractivity contribution in [3.8, 4) is 11.3 Å². The molecule has 0 fully saturated rings. The van der Waals surface area contributed by atoms with Crippen LogP contribution >= 0.6 is 11.3 Å². The molecule has 0 atom stereocenters. The van der Waals surface area contributed by atoms with E-state index in [2.05, 4.69) is 61.4 Å². The number of carbonyl (C=O) groups is 1. The van der Waals surface area contributed by atoms with Gasteiger partial charge in [0.05, 0.1) is 17.1 Å². The van der Waals surface area contributed by atoms with E-state index in [1.54, 1.807) is 11.3 Å². The number of aryl methyl sites for hydroxylation is 2. The van der Waals surface area contributed by atoms with E-state index in [9.17, 15) is 4.79 Å². The number of benzene rings is 2. The third kappa shape index (κ3) is 4.20. The number of anilines is 1. The molecule has 0 aliphatic carbocycles. The molecule has 3 aromatic rings. The Morgan fingerprint density at radius 1 is 1.08 bits per heavy atom. The van der Waals surface area contributed by atoms with Crippen LogP contribution in [-0.4, -0.2) is 10.9 Å². The number of para-hydroxylation sites is 1. The number of amides is 1. The second-order valence-electron chi connectivity index (χ2n) is 6.84. The van der Waals surface area contributed by atoms with Gasteiger partial charge in [-0.25, -0.2) is 4.98 Å². The highest BCUT2D eigenvalue weighted by molar-refractivity contribution is 7.12. The topological polar surface area (TPSA) is 42.0 Å². The van der Waals surface area contributed by atoms with Gasteiger partial charge in [0.25, 0.3) is 0 Å². The van der Waals surface area contributed by atoms with Crippen LogP contribution < -0.4 is 5.32 Å². The number of thiazole rings is 1. The maximum atomic E-state index is 12.7. The quantitative estimate of drug-likeness (QED) is 0.628. The number of carbonyl (C=O) groups excluding carboxylic acids is 1. The first-order valence-electron chi connectivity index (χ1n) is 8.86. The Bertz CT molecular complexity index is 910. The summed E-state index contributed by atoms with van der Waals surface area (Å²) >= 11 is 1.59. The molecule has 134 valence electrons. The molecule has 0 radical (unpaired) electrons. The predicted octanol–water partition coefficient (Wildman–Crippen LogP) is 5.73. The minimum absolute atomic E-state index is 0.00453. The first-order valence-corrected chi connectivity index (χ1v) is 9.68. The van der Waals surface area contributed by atoms with Gasteiger partial charge in [0.1, 0.15) is 0 Å². The lowest BCUT2D eigenvalue weighted by molar-refractivity contribution is -0.115. The molecule has 0 bridgehead atoms. The summed E-state index contributed by atoms with van der Waals surface area (Å²) in [7, 11) is 0. The van der Waals surface area contributed by atoms with Gasteiger partial charge in [-0.15, -0.1) is 11.3 Å². The summed E-state index contributed by atoms with van der Waals surface area (Å²) in [5, 5.41) is 4.06. The lowest BCUT2D eigenvalue weighted by Crippen LogP contribution is -2.15. The van der Waals surface area contributed by atoms with Crippen molar-refractivity contribution < 1.29 is 4.79 Å². The second-order valence-corrected chi connectivity index (χ2v) is 8.13. The lowest BCUT2D eigenvalue weighted by atomic mass is 10.0. The van der Waals surface area contributed by atoms with Crippen LogP contribution in [0, 0.1) is 13.8 Å². The SMILES string of the molecule is Cc1ccc(-c2nc(C)sc2CC(=O)Nc2ccccc2C(C)C)cc1. The first-order chi connectivity index (χ1) is 12.4. The fourth-order valence-electron chi connectivity index (χ4n) is 2.98. The van der Waals surface area contributed by atoms with Crippen molar-refractivity contribution in [1.29, 1.82) is 0 Å². The molecule has 1 amide bonds. The van der Waals surface area contributed by atoms with Crippen LogP contribution in [0.25, 0.3) is 11.3 Å². The van der Waals surface area contributed by atoms with Gasteiger partial charge >= 0.3 is 0 Å². The molecule has 1 N–H and O–H groups in total. The zero-order valence-corrected chi connectivity index (χ0v) is 16.5. The van der Waals surface area contributed by atoms with Crippen molar-refractivity contribution in [3.05, 3.63) is 69.5 Å². The van der Waals surface area contributed by atoms with E-state index in [0.717, 1.165) is 32.4 Å². The fraction of sp³-hybridized carbons (Fsp3) is 0.273. The standard InChI is InChI=1S/C22H24N2OS/c1-14(2)18-7-5-6-8-19(18)24-21(25)13-20-22(23-16(4)26-20)17-11-9-15(3)10-12-17/h5-12,14H,13H2,1-4H3,(H,24,25). The summed E-state index contributed by atoms with van der Waals surface area (Å²) in [5.41, 5.74) is 5.24. The van der Waals surface area contributed by atoms with Crippen LogP contribution in [0.2, 0.25) is 0 Å². The molecule has 1 aromatic heterocycles. The van der Waals surface area contributed by atoms with E-state index < -0.39 is 0 Å². The molecule has 3 nitrogen and oxygen atoms in total. The molecule has 3 rings (SSSR count). The molecular weight excluding hydrogens is 340 g/mol. The Kier molecular flexibility index (Phi) is 5.52. The minimum atomic E-state index is -0.00453. The summed E-state index contributed by atoms with van der Waals surface area (Å²) in [6.45, 7) is 8.31. The Morgan fingerprint density at radius 3 is 2.46 bits per heavy atom. The highest BCUT2D eigenvalue weighted by Crippen LogP contribution is 2.29. The number of nitrogens with one attached hydrogen (secondary N) is 1. The summed E-state index contributed by atoms with van der Waals surface area (Å²) in [4.78, 5) is 18.3. The van der Waals surface area contributed by atoms with Crippen LogP contribution in [-0.2, 0) is 11.2 Å². The van der Waals surface area contributed by atoms with Gasteiger partial charge in [-0.05, 0) is 31.4 Å². The van der Waals surface area contributed by atoms with Crippen molar-refractivity contribution in [1.82, 2.24) is 4.98 Å². The monoisotopic (exact) mass is 364 g/mol. The van der Waals surface area contributed by atoms with E-state index in [1.165, 1.54) is 5.56 Å². The Morgan fingerprint density at radius 2 is 1.77 bits per heavy atom. The maximum Gasteiger partial charge on any atom is 0.229 e. The Labute approximate surface area is 159 Å². The minimum Gasteiger partial charge on any atom is -0.326 e. The van der Waals surface area contributed by atoms with E-state index in [4.69, 9.17) is 0 Å². The highest BCUT2D eigenvalue weighted by Gasteiger charge is 2.16. The molecule has 0 aliphatic rings. The summed E-state index contributed by atoms with van der Waals surface area (Å²) in [6, 6.07) is 16.3. The molecule has 2 aromatic carbocycles. The normalized spacial score (nSPS) is 11.0. The average Bonchev–Trinajstić information content (AvgIpc) is 2.96. The van der Waals surface area contributed by atoms with Crippen molar-refractivity contribution in [2.45, 2.75) is 40.0 Å². The molecule has 26 heavy (non-hydrogen) atoms. The highest BCUT2D eigenvalue weighted by atomic mass is 32.1. The number of hydrogen-bond acceptors (Lipinski definition) is 3. The Hall–Kier alpha value is -2.46. The van der Waals surface area contributed by atoms with E-state index in [1.807, 2.05) is 25.1 Å². The van der Waals surface area contributed by atoms with Crippen LogP contribution in [0.1, 0.15) is 40.8 Å². The fourth-order valence-corrected chi connectivity index (χ4v) is 3.94. The van der Waals surface area contributed by atoms with Crippen LogP contribution in [0.15, 0.2) is 48.5 Å². The first kappa shape index (κ1) is 18.3. The zero-order chi connectivity index (χ0) is 18.7. The van der Waals surface area contributed by atoms with Crippen molar-refractivity contribution in [2.75, 3.05) is 5.32 Å².